The van der Waals surface area contributed by atoms with Crippen LogP contribution in [0.2, 0.25) is 0 Å². The van der Waals surface area contributed by atoms with Crippen molar-refractivity contribution in [3.05, 3.63) is 27.3 Å². The minimum absolute atomic E-state index is 0.0303. The highest BCUT2D eigenvalue weighted by Crippen LogP contribution is 2.21. The molecule has 0 spiro atoms. The molecule has 1 aromatic rings. The Morgan fingerprint density at radius 1 is 1.58 bits per heavy atom. The van der Waals surface area contributed by atoms with Crippen molar-refractivity contribution in [1.82, 2.24) is 10.2 Å². The fourth-order valence-electron chi connectivity index (χ4n) is 2.42. The van der Waals surface area contributed by atoms with Crippen LogP contribution in [0.15, 0.2) is 18.2 Å². The van der Waals surface area contributed by atoms with E-state index < -0.39 is 0 Å². The van der Waals surface area contributed by atoms with Crippen LogP contribution in [-0.2, 0) is 0 Å². The monoisotopic (exact) mass is 374 g/mol. The van der Waals surface area contributed by atoms with Crippen LogP contribution in [0.1, 0.15) is 23.2 Å². The van der Waals surface area contributed by atoms with Gasteiger partial charge in [-0.15, -0.1) is 0 Å². The van der Waals surface area contributed by atoms with Gasteiger partial charge in [0, 0.05) is 19.2 Å². The van der Waals surface area contributed by atoms with Crippen LogP contribution in [0.25, 0.3) is 0 Å². The first-order valence-corrected chi connectivity index (χ1v) is 7.60. The van der Waals surface area contributed by atoms with E-state index in [-0.39, 0.29) is 11.7 Å². The molecule has 1 aliphatic rings. The lowest BCUT2D eigenvalue weighted by atomic mass is 9.99. The van der Waals surface area contributed by atoms with Gasteiger partial charge in [0.25, 0.3) is 5.91 Å². The van der Waals surface area contributed by atoms with Crippen molar-refractivity contribution in [2.45, 2.75) is 12.8 Å². The fraction of sp³-hybridized carbons (Fsp3) is 0.500. The van der Waals surface area contributed by atoms with Crippen LogP contribution in [0.3, 0.4) is 0 Å². The number of piperidine rings is 1. The molecule has 4 nitrogen and oxygen atoms in total. The Labute approximate surface area is 127 Å². The molecule has 1 atom stereocenters. The maximum Gasteiger partial charge on any atom is 0.253 e. The van der Waals surface area contributed by atoms with Crippen LogP contribution < -0.4 is 5.32 Å². The van der Waals surface area contributed by atoms with E-state index in [0.29, 0.717) is 11.5 Å². The Bertz CT molecular complexity index is 459. The molecule has 2 N–H and O–H groups in total. The molecule has 1 saturated heterocycles. The zero-order chi connectivity index (χ0) is 13.8. The van der Waals surface area contributed by atoms with Gasteiger partial charge in [0.1, 0.15) is 5.75 Å². The summed E-state index contributed by atoms with van der Waals surface area (Å²) in [6, 6.07) is 5.07. The zero-order valence-electron chi connectivity index (χ0n) is 11.0. The Morgan fingerprint density at radius 2 is 2.37 bits per heavy atom. The first-order valence-electron chi connectivity index (χ1n) is 6.52. The minimum atomic E-state index is -0.0303. The van der Waals surface area contributed by atoms with E-state index in [9.17, 15) is 9.90 Å². The van der Waals surface area contributed by atoms with E-state index in [2.05, 4.69) is 5.32 Å². The summed E-state index contributed by atoms with van der Waals surface area (Å²) in [7, 11) is 1.83. The third-order valence-electron chi connectivity index (χ3n) is 3.47. The molecule has 1 heterocycles. The lowest BCUT2D eigenvalue weighted by Crippen LogP contribution is -2.39. The Hall–Kier alpha value is -0.820. The van der Waals surface area contributed by atoms with Gasteiger partial charge in [0.2, 0.25) is 0 Å². The Balaban J connectivity index is 1.99. The molecule has 19 heavy (non-hydrogen) atoms. The Kier molecular flexibility index (Phi) is 5.04. The lowest BCUT2D eigenvalue weighted by molar-refractivity contribution is 0.0764. The largest absolute Gasteiger partial charge is 0.507 e. The fourth-order valence-corrected chi connectivity index (χ4v) is 2.75. The van der Waals surface area contributed by atoms with Crippen molar-refractivity contribution < 1.29 is 9.90 Å². The van der Waals surface area contributed by atoms with Gasteiger partial charge in [0.15, 0.2) is 0 Å². The predicted molar refractivity (Wildman–Crippen MR) is 83.4 cm³/mol. The molecule has 0 radical (unpaired) electrons. The van der Waals surface area contributed by atoms with Crippen molar-refractivity contribution in [2.75, 3.05) is 26.7 Å². The molecule has 0 aliphatic carbocycles. The van der Waals surface area contributed by atoms with Crippen LogP contribution in [-0.4, -0.2) is 42.6 Å². The third-order valence-corrected chi connectivity index (χ3v) is 4.38. The highest BCUT2D eigenvalue weighted by Gasteiger charge is 2.19. The summed E-state index contributed by atoms with van der Waals surface area (Å²) in [6.45, 7) is 2.83. The number of halogens is 1. The maximum atomic E-state index is 12.3. The van der Waals surface area contributed by atoms with E-state index in [1.807, 2.05) is 29.6 Å². The summed E-state index contributed by atoms with van der Waals surface area (Å²) in [5, 5.41) is 13.0. The molecule has 104 valence electrons. The SMILES string of the molecule is CN(CC1CCCNC1)C(=O)c1ccc(I)c(O)c1. The average Bonchev–Trinajstić information content (AvgIpc) is 2.42. The number of hydrogen-bond donors (Lipinski definition) is 2. The highest BCUT2D eigenvalue weighted by atomic mass is 127. The third kappa shape index (κ3) is 3.82. The van der Waals surface area contributed by atoms with Crippen molar-refractivity contribution in [3.63, 3.8) is 0 Å². The van der Waals surface area contributed by atoms with Crippen molar-refractivity contribution in [1.29, 1.82) is 0 Å². The molecule has 5 heteroatoms. The van der Waals surface area contributed by atoms with Crippen molar-refractivity contribution >= 4 is 28.5 Å². The number of aromatic hydroxyl groups is 1. The predicted octanol–water partition coefficient (Wildman–Crippen LogP) is 2.07. The minimum Gasteiger partial charge on any atom is -0.507 e. The topological polar surface area (TPSA) is 52.6 Å². The molecule has 2 rings (SSSR count). The van der Waals surface area contributed by atoms with Gasteiger partial charge in [0.05, 0.1) is 3.57 Å². The number of carbonyl (C=O) groups excluding carboxylic acids is 1. The van der Waals surface area contributed by atoms with E-state index in [0.717, 1.165) is 23.2 Å². The number of rotatable bonds is 3. The summed E-state index contributed by atoms with van der Waals surface area (Å²) in [5.41, 5.74) is 0.546. The number of carbonyl (C=O) groups is 1. The van der Waals surface area contributed by atoms with E-state index in [4.69, 9.17) is 0 Å². The molecule has 1 amide bonds. The zero-order valence-corrected chi connectivity index (χ0v) is 13.2. The van der Waals surface area contributed by atoms with Crippen molar-refractivity contribution in [2.24, 2.45) is 5.92 Å². The van der Waals surface area contributed by atoms with Gasteiger partial charge in [-0.2, -0.15) is 0 Å². The normalized spacial score (nSPS) is 19.2. The molecular weight excluding hydrogens is 355 g/mol. The van der Waals surface area contributed by atoms with Gasteiger partial charge in [-0.05, 0) is 72.6 Å². The van der Waals surface area contributed by atoms with Gasteiger partial charge >= 0.3 is 0 Å². The molecule has 1 unspecified atom stereocenters. The molecule has 1 aromatic carbocycles. The highest BCUT2D eigenvalue weighted by molar-refractivity contribution is 14.1. The van der Waals surface area contributed by atoms with Gasteiger partial charge < -0.3 is 15.3 Å². The van der Waals surface area contributed by atoms with Crippen LogP contribution >= 0.6 is 22.6 Å². The number of hydrogen-bond acceptors (Lipinski definition) is 3. The molecular formula is C14H19IN2O2. The number of amides is 1. The summed E-state index contributed by atoms with van der Waals surface area (Å²) < 4.78 is 0.758. The number of phenolic OH excluding ortho intramolecular Hbond substituents is 1. The van der Waals surface area contributed by atoms with Gasteiger partial charge in [-0.1, -0.05) is 0 Å². The van der Waals surface area contributed by atoms with Gasteiger partial charge in [-0.25, -0.2) is 0 Å². The molecule has 1 fully saturated rings. The van der Waals surface area contributed by atoms with E-state index in [1.54, 1.807) is 23.1 Å². The smallest absolute Gasteiger partial charge is 0.253 e. The summed E-state index contributed by atoms with van der Waals surface area (Å²) in [5.74, 6) is 0.664. The summed E-state index contributed by atoms with van der Waals surface area (Å²) in [4.78, 5) is 14.0. The summed E-state index contributed by atoms with van der Waals surface area (Å²) >= 11 is 2.04. The summed E-state index contributed by atoms with van der Waals surface area (Å²) in [6.07, 6.45) is 2.35. The van der Waals surface area contributed by atoms with Crippen LogP contribution in [0, 0.1) is 9.49 Å². The average molecular weight is 374 g/mol. The van der Waals surface area contributed by atoms with Crippen molar-refractivity contribution in [3.8, 4) is 5.75 Å². The van der Waals surface area contributed by atoms with E-state index >= 15 is 0 Å². The Morgan fingerprint density at radius 3 is 3.00 bits per heavy atom. The molecule has 0 bridgehead atoms. The second-order valence-corrected chi connectivity index (χ2v) is 6.23. The molecule has 1 aliphatic heterocycles. The standard InChI is InChI=1S/C14H19IN2O2/c1-17(9-10-3-2-6-16-8-10)14(19)11-4-5-12(15)13(18)7-11/h4-5,7,10,16,18H,2-3,6,8-9H2,1H3. The second-order valence-electron chi connectivity index (χ2n) is 5.06. The van der Waals surface area contributed by atoms with Crippen LogP contribution in [0.5, 0.6) is 5.75 Å². The molecule has 0 saturated carbocycles. The second kappa shape index (κ2) is 6.56. The number of benzene rings is 1. The number of phenols is 1. The van der Waals surface area contributed by atoms with E-state index in [1.165, 1.54) is 12.8 Å². The maximum absolute atomic E-state index is 12.3. The van der Waals surface area contributed by atoms with Gasteiger partial charge in [-0.3, -0.25) is 4.79 Å². The lowest BCUT2D eigenvalue weighted by Gasteiger charge is -2.27. The number of nitrogens with zero attached hydrogens (tertiary/aromatic N) is 1. The quantitative estimate of drug-likeness (QED) is 0.797. The number of nitrogens with one attached hydrogen (secondary N) is 1. The first-order chi connectivity index (χ1) is 9.08. The van der Waals surface area contributed by atoms with Crippen LogP contribution in [0.4, 0.5) is 0 Å². The molecule has 0 aromatic heterocycles. The first kappa shape index (κ1) is 14.6.